The fourth-order valence-corrected chi connectivity index (χ4v) is 13.3. The smallest absolute Gasteiger partial charge is 0.270 e. The van der Waals surface area contributed by atoms with Gasteiger partial charge in [-0.3, -0.25) is 20.2 Å². The molecule has 10 heteroatoms. The number of nitro benzene ring substituents is 2. The number of para-hydroxylation sites is 2. The first kappa shape index (κ1) is 54.9. The van der Waals surface area contributed by atoms with E-state index < -0.39 is 22.3 Å². The van der Waals surface area contributed by atoms with Crippen LogP contribution in [0.15, 0.2) is 243 Å². The Kier molecular flexibility index (Phi) is 13.7. The molecule has 424 valence electrons. The first-order valence-corrected chi connectivity index (χ1v) is 29.1. The van der Waals surface area contributed by atoms with E-state index in [2.05, 4.69) is 244 Å². The van der Waals surface area contributed by atoms with Crippen molar-refractivity contribution in [2.75, 3.05) is 9.80 Å². The molecule has 2 unspecified atom stereocenters. The van der Waals surface area contributed by atoms with Gasteiger partial charge < -0.3 is 19.3 Å². The number of aryl methyl sites for hydroxylation is 2. The molecule has 10 nitrogen and oxygen atoms in total. The van der Waals surface area contributed by atoms with Gasteiger partial charge in [-0.2, -0.15) is 0 Å². The number of nitrogens with zero attached hydrogens (tertiary/aromatic N) is 4. The van der Waals surface area contributed by atoms with Gasteiger partial charge in [0.05, 0.1) is 20.7 Å². The summed E-state index contributed by atoms with van der Waals surface area (Å²) in [6, 6.07) is 79.1. The van der Waals surface area contributed by atoms with Crippen LogP contribution < -0.4 is 19.3 Å². The predicted molar refractivity (Wildman–Crippen MR) is 346 cm³/mol. The van der Waals surface area contributed by atoms with E-state index in [1.54, 1.807) is 24.3 Å². The molecule has 0 saturated heterocycles. The van der Waals surface area contributed by atoms with Crippen molar-refractivity contribution in [2.45, 2.75) is 76.9 Å². The van der Waals surface area contributed by atoms with Crippen LogP contribution in [-0.2, 0) is 23.9 Å². The van der Waals surface area contributed by atoms with E-state index in [4.69, 9.17) is 9.47 Å². The molecule has 0 saturated carbocycles. The van der Waals surface area contributed by atoms with Gasteiger partial charge in [0.15, 0.2) is 0 Å². The van der Waals surface area contributed by atoms with E-state index >= 15 is 0 Å². The average molecular weight is 1130 g/mol. The van der Waals surface area contributed by atoms with Crippen LogP contribution >= 0.6 is 0 Å². The standard InChI is InChI=1S/2C38H32N2O3/c2*1-26-23-33(40(41)42)24-32-21-22-38(43-36(26)32)37(2,3)34-11-7-8-12-35(34)39(38)25-27-13-15-29(16-14-27)31-19-17-30(18-20-31)28-9-5-4-6-10-28/h2*4-24H,25H2,1-3H3. The van der Waals surface area contributed by atoms with Crippen molar-refractivity contribution >= 4 is 34.9 Å². The lowest BCUT2D eigenvalue weighted by molar-refractivity contribution is -0.385. The molecular weight excluding hydrogens is 1060 g/mol. The van der Waals surface area contributed by atoms with Gasteiger partial charge in [-0.1, -0.05) is 194 Å². The van der Waals surface area contributed by atoms with Crippen LogP contribution in [0.1, 0.15) is 72.2 Å². The molecule has 4 heterocycles. The summed E-state index contributed by atoms with van der Waals surface area (Å²) in [4.78, 5) is 27.0. The fraction of sp³-hybridized carbons (Fsp3) is 0.158. The van der Waals surface area contributed by atoms with Crippen LogP contribution in [0, 0.1) is 34.1 Å². The molecule has 2 atom stereocenters. The summed E-state index contributed by atoms with van der Waals surface area (Å²) < 4.78 is 14.0. The minimum atomic E-state index is -0.809. The second-order valence-electron chi connectivity index (χ2n) is 23.9. The Labute approximate surface area is 501 Å². The monoisotopic (exact) mass is 1130 g/mol. The van der Waals surface area contributed by atoms with Crippen molar-refractivity contribution in [3.05, 3.63) is 307 Å². The summed E-state index contributed by atoms with van der Waals surface area (Å²) in [6.45, 7) is 13.9. The summed E-state index contributed by atoms with van der Waals surface area (Å²) in [6.07, 6.45) is 8.14. The minimum Gasteiger partial charge on any atom is -0.462 e. The van der Waals surface area contributed by atoms with Gasteiger partial charge in [-0.15, -0.1) is 0 Å². The van der Waals surface area contributed by atoms with Crippen LogP contribution in [0.25, 0.3) is 56.7 Å². The van der Waals surface area contributed by atoms with Crippen molar-refractivity contribution in [2.24, 2.45) is 0 Å². The van der Waals surface area contributed by atoms with E-state index in [-0.39, 0.29) is 21.2 Å². The number of fused-ring (bicyclic) bond motifs is 4. The summed E-state index contributed by atoms with van der Waals surface area (Å²) in [5.74, 6) is 1.38. The SMILES string of the molecule is Cc1cc([N+](=O)[O-])cc2c1OC1(C=C2)N(Cc2ccc(-c3ccc(-c4ccccc4)cc3)cc2)c2ccccc2C1(C)C.Cc1cc([N+](=O)[O-])cc2c1OC1(C=C2)N(Cc2ccc(-c3ccc(-c4ccccc4)cc3)cc2)c2ccccc2C1(C)C. The van der Waals surface area contributed by atoms with Gasteiger partial charge in [-0.25, -0.2) is 0 Å². The summed E-state index contributed by atoms with van der Waals surface area (Å²) >= 11 is 0. The highest BCUT2D eigenvalue weighted by molar-refractivity contribution is 5.78. The normalized spacial score (nSPS) is 17.8. The van der Waals surface area contributed by atoms with Crippen molar-refractivity contribution in [1.82, 2.24) is 0 Å². The van der Waals surface area contributed by atoms with Crippen LogP contribution in [0.5, 0.6) is 11.5 Å². The molecule has 0 bridgehead atoms. The maximum atomic E-state index is 11.5. The average Bonchev–Trinajstić information content (AvgIpc) is 1.61. The third-order valence-corrected chi connectivity index (χ3v) is 18.1. The first-order valence-electron chi connectivity index (χ1n) is 29.1. The molecule has 0 amide bonds. The predicted octanol–water partition coefficient (Wildman–Crippen LogP) is 18.7. The van der Waals surface area contributed by atoms with Gasteiger partial charge in [0, 0.05) is 59.9 Å². The number of ether oxygens (including phenoxy) is 2. The third-order valence-electron chi connectivity index (χ3n) is 18.1. The highest BCUT2D eigenvalue weighted by Crippen LogP contribution is 2.58. The number of rotatable bonds is 10. The molecular formula is C76H64N4O6. The maximum absolute atomic E-state index is 11.5. The number of hydrogen-bond donors (Lipinski definition) is 0. The van der Waals surface area contributed by atoms with Gasteiger partial charge >= 0.3 is 0 Å². The number of nitro groups is 2. The number of non-ortho nitro benzene ring substituents is 2. The van der Waals surface area contributed by atoms with Crippen molar-refractivity contribution < 1.29 is 19.3 Å². The Morgan fingerprint density at radius 2 is 0.674 bits per heavy atom. The molecule has 0 aromatic heterocycles. The Hall–Kier alpha value is -10.3. The molecule has 0 aliphatic carbocycles. The summed E-state index contributed by atoms with van der Waals surface area (Å²) in [5.41, 5.74) is 17.2. The van der Waals surface area contributed by atoms with E-state index in [1.165, 1.54) is 66.8 Å². The van der Waals surface area contributed by atoms with Crippen molar-refractivity contribution in [3.8, 4) is 56.0 Å². The summed E-state index contributed by atoms with van der Waals surface area (Å²) in [5, 5.41) is 23.0. The largest absolute Gasteiger partial charge is 0.462 e. The maximum Gasteiger partial charge on any atom is 0.270 e. The number of hydrogen-bond acceptors (Lipinski definition) is 8. The van der Waals surface area contributed by atoms with Crippen molar-refractivity contribution in [3.63, 3.8) is 0 Å². The van der Waals surface area contributed by atoms with E-state index in [0.29, 0.717) is 24.6 Å². The van der Waals surface area contributed by atoms with Gasteiger partial charge in [-0.05, 0) is 156 Å². The molecule has 4 aliphatic rings. The molecule has 14 rings (SSSR count). The number of benzene rings is 10. The third kappa shape index (κ3) is 9.38. The van der Waals surface area contributed by atoms with E-state index in [0.717, 1.165) is 33.6 Å². The second-order valence-corrected chi connectivity index (χ2v) is 23.9. The molecule has 10 aromatic rings. The van der Waals surface area contributed by atoms with Crippen LogP contribution in [0.4, 0.5) is 22.7 Å². The van der Waals surface area contributed by atoms with Gasteiger partial charge in [0.25, 0.3) is 11.4 Å². The molecule has 86 heavy (non-hydrogen) atoms. The Morgan fingerprint density at radius 1 is 0.384 bits per heavy atom. The van der Waals surface area contributed by atoms with Crippen LogP contribution in [-0.4, -0.2) is 21.3 Å². The van der Waals surface area contributed by atoms with Crippen LogP contribution in [0.3, 0.4) is 0 Å². The molecule has 0 radical (unpaired) electrons. The van der Waals surface area contributed by atoms with Gasteiger partial charge in [0.2, 0.25) is 11.4 Å². The first-order chi connectivity index (χ1) is 41.5. The van der Waals surface area contributed by atoms with E-state index in [9.17, 15) is 20.2 Å². The molecule has 10 aromatic carbocycles. The molecule has 2 spiro atoms. The highest BCUT2D eigenvalue weighted by Gasteiger charge is 2.60. The lowest BCUT2D eigenvalue weighted by Gasteiger charge is -2.47. The number of anilines is 2. The fourth-order valence-electron chi connectivity index (χ4n) is 13.3. The summed E-state index contributed by atoms with van der Waals surface area (Å²) in [7, 11) is 0. The zero-order chi connectivity index (χ0) is 59.5. The van der Waals surface area contributed by atoms with E-state index in [1.807, 2.05) is 38.1 Å². The van der Waals surface area contributed by atoms with Crippen molar-refractivity contribution in [1.29, 1.82) is 0 Å². The van der Waals surface area contributed by atoms with Gasteiger partial charge in [0.1, 0.15) is 11.5 Å². The van der Waals surface area contributed by atoms with Crippen LogP contribution in [0.2, 0.25) is 0 Å². The zero-order valence-electron chi connectivity index (χ0n) is 48.9. The Morgan fingerprint density at radius 3 is 1.00 bits per heavy atom. The quantitative estimate of drug-likeness (QED) is 0.0983. The lowest BCUT2D eigenvalue weighted by atomic mass is 9.76. The molecule has 4 aliphatic heterocycles. The lowest BCUT2D eigenvalue weighted by Crippen LogP contribution is -2.59. The minimum absolute atomic E-state index is 0.0704. The Bertz CT molecular complexity index is 4030. The molecule has 0 fully saturated rings. The highest BCUT2D eigenvalue weighted by atomic mass is 16.6. The second kappa shape index (κ2) is 21.4. The molecule has 0 N–H and O–H groups in total. The Balaban J connectivity index is 0.000000160. The topological polar surface area (TPSA) is 111 Å². The zero-order valence-corrected chi connectivity index (χ0v) is 48.9.